The van der Waals surface area contributed by atoms with Gasteiger partial charge in [-0.25, -0.2) is 13.1 Å². The van der Waals surface area contributed by atoms with Gasteiger partial charge in [-0.1, -0.05) is 17.7 Å². The van der Waals surface area contributed by atoms with Crippen molar-refractivity contribution in [3.63, 3.8) is 0 Å². The number of nitrogens with one attached hydrogen (secondary N) is 1. The van der Waals surface area contributed by atoms with E-state index in [0.717, 1.165) is 5.56 Å². The predicted octanol–water partition coefficient (Wildman–Crippen LogP) is 0.589. The lowest BCUT2D eigenvalue weighted by Gasteiger charge is -2.16. The van der Waals surface area contributed by atoms with Crippen LogP contribution in [0.25, 0.3) is 0 Å². The Bertz CT molecular complexity index is 499. The topological polar surface area (TPSA) is 75.6 Å². The molecule has 0 amide bonds. The summed E-state index contributed by atoms with van der Waals surface area (Å²) in [6, 6.07) is 4.47. The van der Waals surface area contributed by atoms with E-state index in [1.807, 2.05) is 6.92 Å². The molecule has 1 rings (SSSR count). The molecule has 0 saturated carbocycles. The van der Waals surface area contributed by atoms with Gasteiger partial charge in [0.1, 0.15) is 0 Å². The van der Waals surface area contributed by atoms with Gasteiger partial charge >= 0.3 is 0 Å². The number of benzene rings is 1. The maximum absolute atomic E-state index is 12.1. The first kappa shape index (κ1) is 15.1. The molecule has 18 heavy (non-hydrogen) atoms. The van der Waals surface area contributed by atoms with E-state index in [1.54, 1.807) is 25.1 Å². The Balaban J connectivity index is 2.99. The summed E-state index contributed by atoms with van der Waals surface area (Å²) in [5, 5.41) is 9.07. The summed E-state index contributed by atoms with van der Waals surface area (Å²) in [7, 11) is -2.18. The van der Waals surface area contributed by atoms with Crippen molar-refractivity contribution >= 4 is 10.0 Å². The van der Waals surface area contributed by atoms with E-state index in [4.69, 9.17) is 9.84 Å². The van der Waals surface area contributed by atoms with Gasteiger partial charge in [-0.3, -0.25) is 0 Å². The number of rotatable bonds is 6. The van der Waals surface area contributed by atoms with Gasteiger partial charge in [-0.05, 0) is 25.5 Å². The van der Waals surface area contributed by atoms with E-state index in [1.165, 1.54) is 7.11 Å². The lowest BCUT2D eigenvalue weighted by Crippen LogP contribution is -2.40. The first-order chi connectivity index (χ1) is 8.40. The van der Waals surface area contributed by atoms with Crippen LogP contribution in [0.2, 0.25) is 0 Å². The number of ether oxygens (including phenoxy) is 1. The molecule has 0 spiro atoms. The summed E-state index contributed by atoms with van der Waals surface area (Å²) in [6.07, 6.45) is 0. The lowest BCUT2D eigenvalue weighted by molar-refractivity contribution is 0.139. The SMILES string of the molecule is COCC(CO)NS(=O)(=O)c1ccc(C)cc1C. The Morgan fingerprint density at radius 2 is 2.06 bits per heavy atom. The van der Waals surface area contributed by atoms with Crippen LogP contribution in [0, 0.1) is 13.8 Å². The molecular weight excluding hydrogens is 254 g/mol. The Hall–Kier alpha value is -0.950. The number of methoxy groups -OCH3 is 1. The highest BCUT2D eigenvalue weighted by molar-refractivity contribution is 7.89. The largest absolute Gasteiger partial charge is 0.395 e. The highest BCUT2D eigenvalue weighted by Crippen LogP contribution is 2.16. The van der Waals surface area contributed by atoms with Crippen LogP contribution in [0.15, 0.2) is 23.1 Å². The van der Waals surface area contributed by atoms with Crippen molar-refractivity contribution in [2.75, 3.05) is 20.3 Å². The summed E-state index contributed by atoms with van der Waals surface area (Å²) in [6.45, 7) is 3.46. The molecule has 0 heterocycles. The monoisotopic (exact) mass is 273 g/mol. The molecular formula is C12H19NO4S. The third-order valence-electron chi connectivity index (χ3n) is 2.53. The summed E-state index contributed by atoms with van der Waals surface area (Å²) in [4.78, 5) is 0.225. The molecule has 1 atom stereocenters. The average Bonchev–Trinajstić information content (AvgIpc) is 2.27. The van der Waals surface area contributed by atoms with Crippen LogP contribution in [0.4, 0.5) is 0 Å². The van der Waals surface area contributed by atoms with Crippen molar-refractivity contribution in [2.45, 2.75) is 24.8 Å². The van der Waals surface area contributed by atoms with Crippen LogP contribution >= 0.6 is 0 Å². The third kappa shape index (κ3) is 3.78. The predicted molar refractivity (Wildman–Crippen MR) is 69.0 cm³/mol. The van der Waals surface area contributed by atoms with Crippen molar-refractivity contribution in [1.29, 1.82) is 0 Å². The summed E-state index contributed by atoms with van der Waals surface area (Å²) < 4.78 is 31.5. The Morgan fingerprint density at radius 1 is 1.39 bits per heavy atom. The molecule has 1 aromatic rings. The molecule has 0 aliphatic rings. The Labute approximate surface area is 108 Å². The number of sulfonamides is 1. The van der Waals surface area contributed by atoms with Gasteiger partial charge < -0.3 is 9.84 Å². The first-order valence-electron chi connectivity index (χ1n) is 5.60. The number of aliphatic hydroxyl groups is 1. The maximum Gasteiger partial charge on any atom is 0.241 e. The van der Waals surface area contributed by atoms with E-state index in [2.05, 4.69) is 4.72 Å². The number of aliphatic hydroxyl groups excluding tert-OH is 1. The van der Waals surface area contributed by atoms with E-state index in [0.29, 0.717) is 5.56 Å². The van der Waals surface area contributed by atoms with Crippen LogP contribution in [0.5, 0.6) is 0 Å². The van der Waals surface area contributed by atoms with E-state index in [9.17, 15) is 8.42 Å². The molecule has 0 aromatic heterocycles. The second-order valence-electron chi connectivity index (χ2n) is 4.23. The molecule has 6 heteroatoms. The van der Waals surface area contributed by atoms with Crippen LogP contribution in [0.3, 0.4) is 0 Å². The fourth-order valence-corrected chi connectivity index (χ4v) is 3.15. The molecule has 0 radical (unpaired) electrons. The average molecular weight is 273 g/mol. The van der Waals surface area contributed by atoms with E-state index < -0.39 is 16.1 Å². The third-order valence-corrected chi connectivity index (χ3v) is 4.21. The lowest BCUT2D eigenvalue weighted by atomic mass is 10.2. The minimum atomic E-state index is -3.63. The van der Waals surface area contributed by atoms with Gasteiger partial charge in [0.05, 0.1) is 24.2 Å². The van der Waals surface area contributed by atoms with Gasteiger partial charge in [-0.2, -0.15) is 0 Å². The highest BCUT2D eigenvalue weighted by Gasteiger charge is 2.21. The summed E-state index contributed by atoms with van der Waals surface area (Å²) in [5.74, 6) is 0. The quantitative estimate of drug-likeness (QED) is 0.795. The molecule has 1 aromatic carbocycles. The Morgan fingerprint density at radius 3 is 2.56 bits per heavy atom. The second kappa shape index (κ2) is 6.29. The smallest absolute Gasteiger partial charge is 0.241 e. The van der Waals surface area contributed by atoms with Crippen LogP contribution < -0.4 is 4.72 Å². The maximum atomic E-state index is 12.1. The molecule has 0 fully saturated rings. The normalized spacial score (nSPS) is 13.6. The molecule has 0 bridgehead atoms. The van der Waals surface area contributed by atoms with Crippen molar-refractivity contribution in [3.8, 4) is 0 Å². The van der Waals surface area contributed by atoms with Crippen molar-refractivity contribution in [1.82, 2.24) is 4.72 Å². The Kier molecular flexibility index (Phi) is 5.28. The van der Waals surface area contributed by atoms with Crippen LogP contribution in [-0.2, 0) is 14.8 Å². The van der Waals surface area contributed by atoms with Gasteiger partial charge in [0.2, 0.25) is 10.0 Å². The van der Waals surface area contributed by atoms with Gasteiger partial charge in [-0.15, -0.1) is 0 Å². The zero-order valence-electron chi connectivity index (χ0n) is 10.8. The first-order valence-corrected chi connectivity index (χ1v) is 7.08. The molecule has 5 nitrogen and oxygen atoms in total. The summed E-state index contributed by atoms with van der Waals surface area (Å²) in [5.41, 5.74) is 1.68. The number of hydrogen-bond acceptors (Lipinski definition) is 4. The number of hydrogen-bond donors (Lipinski definition) is 2. The fourth-order valence-electron chi connectivity index (χ4n) is 1.71. The second-order valence-corrected chi connectivity index (χ2v) is 5.91. The minimum absolute atomic E-state index is 0.126. The fraction of sp³-hybridized carbons (Fsp3) is 0.500. The van der Waals surface area contributed by atoms with E-state index >= 15 is 0 Å². The molecule has 2 N–H and O–H groups in total. The summed E-state index contributed by atoms with van der Waals surface area (Å²) >= 11 is 0. The van der Waals surface area contributed by atoms with Crippen molar-refractivity contribution in [2.24, 2.45) is 0 Å². The standard InChI is InChI=1S/C12H19NO4S/c1-9-4-5-12(10(2)6-9)18(15,16)13-11(7-14)8-17-3/h4-6,11,13-14H,7-8H2,1-3H3. The van der Waals surface area contributed by atoms with Gasteiger partial charge in [0.25, 0.3) is 0 Å². The van der Waals surface area contributed by atoms with Crippen LogP contribution in [-0.4, -0.2) is 39.9 Å². The highest BCUT2D eigenvalue weighted by atomic mass is 32.2. The molecule has 0 saturated heterocycles. The number of aryl methyl sites for hydroxylation is 2. The van der Waals surface area contributed by atoms with Crippen LogP contribution in [0.1, 0.15) is 11.1 Å². The van der Waals surface area contributed by atoms with Crippen molar-refractivity contribution in [3.05, 3.63) is 29.3 Å². The molecule has 102 valence electrons. The van der Waals surface area contributed by atoms with Gasteiger partial charge in [0, 0.05) is 7.11 Å². The zero-order chi connectivity index (χ0) is 13.8. The molecule has 1 unspecified atom stereocenters. The van der Waals surface area contributed by atoms with E-state index in [-0.39, 0.29) is 18.1 Å². The molecule has 0 aliphatic carbocycles. The van der Waals surface area contributed by atoms with Gasteiger partial charge in [0.15, 0.2) is 0 Å². The molecule has 0 aliphatic heterocycles. The van der Waals surface area contributed by atoms with Crippen molar-refractivity contribution < 1.29 is 18.3 Å². The minimum Gasteiger partial charge on any atom is -0.395 e. The zero-order valence-corrected chi connectivity index (χ0v) is 11.6.